The molecule has 1 unspecified atom stereocenters. The number of nitrogens with one attached hydrogen (secondary N) is 1. The summed E-state index contributed by atoms with van der Waals surface area (Å²) < 4.78 is 0. The summed E-state index contributed by atoms with van der Waals surface area (Å²) in [6.45, 7) is 2.77. The van der Waals surface area contributed by atoms with Crippen LogP contribution in [0.1, 0.15) is 66.2 Å². The van der Waals surface area contributed by atoms with Crippen molar-refractivity contribution in [3.8, 4) is 0 Å². The molecule has 1 aliphatic rings. The minimum Gasteiger partial charge on any atom is -0.368 e. The normalized spacial score (nSPS) is 16.0. The molecule has 0 saturated heterocycles. The number of unbranched alkanes of at least 4 members (excludes halogenated alkanes) is 1. The van der Waals surface area contributed by atoms with E-state index in [1.165, 1.54) is 11.1 Å². The molecule has 2 aromatic heterocycles. The van der Waals surface area contributed by atoms with Crippen LogP contribution in [0.2, 0.25) is 0 Å². The zero-order valence-corrected chi connectivity index (χ0v) is 21.0. The van der Waals surface area contributed by atoms with Gasteiger partial charge in [0.1, 0.15) is 0 Å². The quantitative estimate of drug-likeness (QED) is 0.318. The molecule has 0 spiro atoms. The minimum atomic E-state index is -0.353. The van der Waals surface area contributed by atoms with Crippen molar-refractivity contribution in [2.24, 2.45) is 11.5 Å². The number of carbonyl (C=O) groups is 1. The van der Waals surface area contributed by atoms with Crippen molar-refractivity contribution in [1.29, 1.82) is 0 Å². The number of aryl methyl sites for hydroxylation is 1. The van der Waals surface area contributed by atoms with Crippen LogP contribution < -0.4 is 16.8 Å². The lowest BCUT2D eigenvalue weighted by Crippen LogP contribution is -2.47. The molecule has 7 nitrogen and oxygen atoms in total. The van der Waals surface area contributed by atoms with Gasteiger partial charge in [-0.25, -0.2) is 0 Å². The number of nitrogens with zero attached hydrogens (tertiary/aromatic N) is 3. The maximum absolute atomic E-state index is 12.7. The highest BCUT2D eigenvalue weighted by atomic mass is 16.1. The molecular formula is C29H38N6O. The second-order valence-electron chi connectivity index (χ2n) is 9.57. The van der Waals surface area contributed by atoms with Crippen molar-refractivity contribution in [1.82, 2.24) is 20.2 Å². The van der Waals surface area contributed by atoms with Crippen LogP contribution in [0.4, 0.5) is 0 Å². The lowest BCUT2D eigenvalue weighted by molar-refractivity contribution is -0.125. The van der Waals surface area contributed by atoms with Gasteiger partial charge in [0.25, 0.3) is 0 Å². The number of primary amides is 1. The van der Waals surface area contributed by atoms with E-state index in [2.05, 4.69) is 45.5 Å². The molecule has 2 atom stereocenters. The lowest BCUT2D eigenvalue weighted by Gasteiger charge is -2.39. The van der Waals surface area contributed by atoms with Gasteiger partial charge in [-0.05, 0) is 73.5 Å². The monoisotopic (exact) mass is 486 g/mol. The largest absolute Gasteiger partial charge is 0.368 e. The second kappa shape index (κ2) is 13.3. The highest BCUT2D eigenvalue weighted by Gasteiger charge is 2.34. The Bertz CT molecular complexity index is 1090. The number of hydrogen-bond acceptors (Lipinski definition) is 6. The van der Waals surface area contributed by atoms with Crippen LogP contribution in [0, 0.1) is 0 Å². The SMILES string of the molecule is NCCCC[C@@H](C(N)=O)N(Cc1ccc(CNCc2ccccn2)cc1)C1CCCc2cccnc21. The van der Waals surface area contributed by atoms with Gasteiger partial charge < -0.3 is 16.8 Å². The first-order chi connectivity index (χ1) is 17.7. The molecule has 0 aliphatic heterocycles. The Balaban J connectivity index is 1.49. The summed E-state index contributed by atoms with van der Waals surface area (Å²) in [4.78, 5) is 24.1. The summed E-state index contributed by atoms with van der Waals surface area (Å²) in [5.74, 6) is -0.273. The van der Waals surface area contributed by atoms with Gasteiger partial charge in [-0.2, -0.15) is 0 Å². The molecule has 7 heteroatoms. The maximum atomic E-state index is 12.7. The third kappa shape index (κ3) is 6.97. The molecule has 190 valence electrons. The number of nitrogens with two attached hydrogens (primary N) is 2. The molecule has 0 saturated carbocycles. The number of hydrogen-bond donors (Lipinski definition) is 3. The van der Waals surface area contributed by atoms with E-state index in [0.717, 1.165) is 62.1 Å². The van der Waals surface area contributed by atoms with Gasteiger partial charge in [0.15, 0.2) is 0 Å². The van der Waals surface area contributed by atoms with Gasteiger partial charge in [-0.15, -0.1) is 0 Å². The molecule has 0 radical (unpaired) electrons. The fourth-order valence-corrected chi connectivity index (χ4v) is 5.11. The topological polar surface area (TPSA) is 110 Å². The van der Waals surface area contributed by atoms with Crippen LogP contribution in [0.15, 0.2) is 67.0 Å². The summed E-state index contributed by atoms with van der Waals surface area (Å²) in [6, 6.07) is 18.4. The van der Waals surface area contributed by atoms with Gasteiger partial charge in [-0.3, -0.25) is 19.7 Å². The highest BCUT2D eigenvalue weighted by molar-refractivity contribution is 5.79. The fourth-order valence-electron chi connectivity index (χ4n) is 5.11. The minimum absolute atomic E-state index is 0.0741. The molecule has 2 heterocycles. The van der Waals surface area contributed by atoms with Crippen molar-refractivity contribution in [2.45, 2.75) is 70.2 Å². The van der Waals surface area contributed by atoms with Gasteiger partial charge in [0.2, 0.25) is 5.91 Å². The molecule has 5 N–H and O–H groups in total. The van der Waals surface area contributed by atoms with Crippen molar-refractivity contribution in [3.63, 3.8) is 0 Å². The Morgan fingerprint density at radius 1 is 1.00 bits per heavy atom. The van der Waals surface area contributed by atoms with Crippen LogP contribution in [-0.2, 0) is 30.8 Å². The van der Waals surface area contributed by atoms with E-state index in [9.17, 15) is 4.79 Å². The number of aromatic nitrogens is 2. The predicted molar refractivity (Wildman–Crippen MR) is 143 cm³/mol. The van der Waals surface area contributed by atoms with Crippen LogP contribution in [0.5, 0.6) is 0 Å². The Kier molecular flexibility index (Phi) is 9.55. The van der Waals surface area contributed by atoms with Crippen LogP contribution >= 0.6 is 0 Å². The summed E-state index contributed by atoms with van der Waals surface area (Å²) in [5, 5.41) is 3.45. The molecular weight excluding hydrogens is 448 g/mol. The van der Waals surface area contributed by atoms with Crippen LogP contribution in [-0.4, -0.2) is 33.4 Å². The Morgan fingerprint density at radius 3 is 2.56 bits per heavy atom. The molecule has 1 aromatic carbocycles. The van der Waals surface area contributed by atoms with Crippen molar-refractivity contribution >= 4 is 5.91 Å². The number of fused-ring (bicyclic) bond motifs is 1. The van der Waals surface area contributed by atoms with E-state index >= 15 is 0 Å². The summed E-state index contributed by atoms with van der Waals surface area (Å²) in [5.41, 5.74) is 17.5. The number of carbonyl (C=O) groups excluding carboxylic acids is 1. The van der Waals surface area contributed by atoms with Crippen molar-refractivity contribution < 1.29 is 4.79 Å². The molecule has 1 aliphatic carbocycles. The molecule has 3 aromatic rings. The lowest BCUT2D eigenvalue weighted by atomic mass is 9.89. The molecule has 4 rings (SSSR count). The average molecular weight is 487 g/mol. The first-order valence-electron chi connectivity index (χ1n) is 13.0. The Morgan fingerprint density at radius 2 is 1.81 bits per heavy atom. The first-order valence-corrected chi connectivity index (χ1v) is 13.0. The van der Waals surface area contributed by atoms with E-state index in [1.54, 1.807) is 0 Å². The predicted octanol–water partition coefficient (Wildman–Crippen LogP) is 3.63. The molecule has 36 heavy (non-hydrogen) atoms. The third-order valence-electron chi connectivity index (χ3n) is 6.98. The highest BCUT2D eigenvalue weighted by Crippen LogP contribution is 2.36. The van der Waals surface area contributed by atoms with Crippen LogP contribution in [0.3, 0.4) is 0 Å². The van der Waals surface area contributed by atoms with E-state index in [-0.39, 0.29) is 18.0 Å². The van der Waals surface area contributed by atoms with E-state index in [1.807, 2.05) is 36.7 Å². The zero-order chi connectivity index (χ0) is 25.2. The van der Waals surface area contributed by atoms with Gasteiger partial charge in [0, 0.05) is 32.0 Å². The van der Waals surface area contributed by atoms with E-state index in [0.29, 0.717) is 19.5 Å². The molecule has 0 fully saturated rings. The van der Waals surface area contributed by atoms with Gasteiger partial charge in [-0.1, -0.05) is 42.8 Å². The zero-order valence-electron chi connectivity index (χ0n) is 21.0. The van der Waals surface area contributed by atoms with Gasteiger partial charge in [0.05, 0.1) is 23.5 Å². The third-order valence-corrected chi connectivity index (χ3v) is 6.98. The second-order valence-corrected chi connectivity index (χ2v) is 9.57. The standard InChI is InChI=1S/C29H38N6O/c30-16-3-1-10-27(29(31)36)35(26-11-5-7-24-8-6-18-34-28(24)26)21-23-14-12-22(13-15-23)19-32-20-25-9-2-4-17-33-25/h2,4,6,8-9,12-15,17-18,26-27,32H,1,3,5,7,10-11,16,19-21,30H2,(H2,31,36)/t26?,27-/m0/s1. The fraction of sp³-hybridized carbons (Fsp3) is 0.414. The molecule has 0 bridgehead atoms. The first kappa shape index (κ1) is 25.9. The van der Waals surface area contributed by atoms with E-state index in [4.69, 9.17) is 16.5 Å². The Hall–Kier alpha value is -3.13. The number of rotatable bonds is 13. The summed E-state index contributed by atoms with van der Waals surface area (Å²) in [6.07, 6.45) is 9.22. The van der Waals surface area contributed by atoms with E-state index < -0.39 is 0 Å². The maximum Gasteiger partial charge on any atom is 0.234 e. The van der Waals surface area contributed by atoms with Crippen molar-refractivity contribution in [3.05, 3.63) is 95.1 Å². The van der Waals surface area contributed by atoms with Gasteiger partial charge >= 0.3 is 0 Å². The number of benzene rings is 1. The smallest absolute Gasteiger partial charge is 0.234 e. The summed E-state index contributed by atoms with van der Waals surface area (Å²) >= 11 is 0. The average Bonchev–Trinajstić information content (AvgIpc) is 2.91. The van der Waals surface area contributed by atoms with Crippen LogP contribution in [0.25, 0.3) is 0 Å². The number of pyridine rings is 2. The summed E-state index contributed by atoms with van der Waals surface area (Å²) in [7, 11) is 0. The molecule has 1 amide bonds. The number of amides is 1. The Labute approximate surface area is 214 Å². The van der Waals surface area contributed by atoms with Crippen molar-refractivity contribution in [2.75, 3.05) is 6.54 Å².